The van der Waals surface area contributed by atoms with Crippen LogP contribution in [-0.2, 0) is 0 Å². The molecule has 0 bridgehead atoms. The van der Waals surface area contributed by atoms with E-state index in [0.717, 1.165) is 31.5 Å². The molecule has 2 rings (SSSR count). The summed E-state index contributed by atoms with van der Waals surface area (Å²) in [4.78, 5) is 3.87. The minimum absolute atomic E-state index is 0.137. The van der Waals surface area contributed by atoms with Gasteiger partial charge in [0.1, 0.15) is 5.82 Å². The Balaban J connectivity index is 2.10. The van der Waals surface area contributed by atoms with Gasteiger partial charge < -0.3 is 5.32 Å². The molecule has 0 spiro atoms. The summed E-state index contributed by atoms with van der Waals surface area (Å²) in [5, 5.41) is 3.50. The molecular weight excluding hydrogens is 239 g/mol. The summed E-state index contributed by atoms with van der Waals surface area (Å²) in [5.74, 6) is 1.46. The van der Waals surface area contributed by atoms with Gasteiger partial charge in [-0.25, -0.2) is 4.39 Å². The summed E-state index contributed by atoms with van der Waals surface area (Å²) < 4.78 is 14.0. The fourth-order valence-electron chi connectivity index (χ4n) is 3.22. The Morgan fingerprint density at radius 3 is 3.00 bits per heavy atom. The summed E-state index contributed by atoms with van der Waals surface area (Å²) >= 11 is 0. The first-order chi connectivity index (χ1) is 9.22. The summed E-state index contributed by atoms with van der Waals surface area (Å²) in [6.45, 7) is 6.52. The van der Waals surface area contributed by atoms with Crippen LogP contribution in [-0.4, -0.2) is 18.1 Å². The quantitative estimate of drug-likeness (QED) is 0.819. The minimum Gasteiger partial charge on any atom is -0.316 e. The number of halogens is 1. The summed E-state index contributed by atoms with van der Waals surface area (Å²) in [6, 6.07) is 1.87. The fraction of sp³-hybridized carbons (Fsp3) is 0.688. The SMILES string of the molecule is CCCNCC1CCC(C)CC1c1ccncc1F. The second-order valence-corrected chi connectivity index (χ2v) is 5.89. The highest BCUT2D eigenvalue weighted by molar-refractivity contribution is 5.20. The van der Waals surface area contributed by atoms with E-state index >= 15 is 0 Å². The van der Waals surface area contributed by atoms with Crippen molar-refractivity contribution in [1.29, 1.82) is 0 Å². The van der Waals surface area contributed by atoms with E-state index < -0.39 is 0 Å². The first-order valence-corrected chi connectivity index (χ1v) is 7.52. The minimum atomic E-state index is -0.137. The van der Waals surface area contributed by atoms with Gasteiger partial charge in [-0.05, 0) is 61.7 Å². The van der Waals surface area contributed by atoms with Gasteiger partial charge in [0.2, 0.25) is 0 Å². The molecule has 1 heterocycles. The molecule has 1 saturated carbocycles. The second kappa shape index (κ2) is 6.99. The van der Waals surface area contributed by atoms with Gasteiger partial charge in [0.15, 0.2) is 0 Å². The maximum Gasteiger partial charge on any atom is 0.144 e. The smallest absolute Gasteiger partial charge is 0.144 e. The molecule has 0 amide bonds. The lowest BCUT2D eigenvalue weighted by atomic mass is 9.71. The maximum absolute atomic E-state index is 14.0. The number of hydrogen-bond donors (Lipinski definition) is 1. The number of pyridine rings is 1. The topological polar surface area (TPSA) is 24.9 Å². The van der Waals surface area contributed by atoms with Crippen molar-refractivity contribution in [2.24, 2.45) is 11.8 Å². The molecule has 1 aromatic heterocycles. The third-order valence-corrected chi connectivity index (χ3v) is 4.29. The Labute approximate surface area is 115 Å². The zero-order valence-corrected chi connectivity index (χ0v) is 12.0. The lowest BCUT2D eigenvalue weighted by molar-refractivity contribution is 0.238. The van der Waals surface area contributed by atoms with Crippen molar-refractivity contribution in [2.75, 3.05) is 13.1 Å². The Morgan fingerprint density at radius 2 is 2.26 bits per heavy atom. The predicted octanol–water partition coefficient (Wildman–Crippen LogP) is 3.74. The number of nitrogens with one attached hydrogen (secondary N) is 1. The van der Waals surface area contributed by atoms with E-state index in [1.807, 2.05) is 6.07 Å². The fourth-order valence-corrected chi connectivity index (χ4v) is 3.22. The van der Waals surface area contributed by atoms with Crippen LogP contribution < -0.4 is 5.32 Å². The highest BCUT2D eigenvalue weighted by atomic mass is 19.1. The van der Waals surface area contributed by atoms with Crippen LogP contribution in [0.25, 0.3) is 0 Å². The molecule has 3 atom stereocenters. The maximum atomic E-state index is 14.0. The second-order valence-electron chi connectivity index (χ2n) is 5.89. The first kappa shape index (κ1) is 14.4. The molecule has 0 radical (unpaired) electrons. The number of nitrogens with zero attached hydrogens (tertiary/aromatic N) is 1. The Hall–Kier alpha value is -0.960. The van der Waals surface area contributed by atoms with E-state index in [9.17, 15) is 4.39 Å². The van der Waals surface area contributed by atoms with Gasteiger partial charge in [0.25, 0.3) is 0 Å². The highest BCUT2D eigenvalue weighted by Gasteiger charge is 2.31. The van der Waals surface area contributed by atoms with Gasteiger partial charge in [-0.2, -0.15) is 0 Å². The third-order valence-electron chi connectivity index (χ3n) is 4.29. The molecule has 3 unspecified atom stereocenters. The van der Waals surface area contributed by atoms with Gasteiger partial charge in [0.05, 0.1) is 6.20 Å². The van der Waals surface area contributed by atoms with Crippen LogP contribution in [0, 0.1) is 17.7 Å². The van der Waals surface area contributed by atoms with E-state index in [4.69, 9.17) is 0 Å². The Morgan fingerprint density at radius 1 is 1.42 bits per heavy atom. The summed E-state index contributed by atoms with van der Waals surface area (Å²) in [5.41, 5.74) is 0.866. The predicted molar refractivity (Wildman–Crippen MR) is 76.6 cm³/mol. The van der Waals surface area contributed by atoms with E-state index in [1.54, 1.807) is 6.20 Å². The summed E-state index contributed by atoms with van der Waals surface area (Å²) in [7, 11) is 0. The van der Waals surface area contributed by atoms with E-state index in [1.165, 1.54) is 19.0 Å². The number of hydrogen-bond acceptors (Lipinski definition) is 2. The zero-order chi connectivity index (χ0) is 13.7. The molecule has 2 nitrogen and oxygen atoms in total. The molecule has 1 aromatic rings. The molecule has 106 valence electrons. The largest absolute Gasteiger partial charge is 0.316 e. The first-order valence-electron chi connectivity index (χ1n) is 7.52. The van der Waals surface area contributed by atoms with Crippen molar-refractivity contribution in [2.45, 2.75) is 45.4 Å². The van der Waals surface area contributed by atoms with Crippen molar-refractivity contribution >= 4 is 0 Å². The highest BCUT2D eigenvalue weighted by Crippen LogP contribution is 2.40. The van der Waals surface area contributed by atoms with Crippen LogP contribution in [0.3, 0.4) is 0 Å². The molecule has 0 saturated heterocycles. The van der Waals surface area contributed by atoms with E-state index in [0.29, 0.717) is 17.8 Å². The van der Waals surface area contributed by atoms with Crippen LogP contribution in [0.2, 0.25) is 0 Å². The van der Waals surface area contributed by atoms with Crippen molar-refractivity contribution < 1.29 is 4.39 Å². The Kier molecular flexibility index (Phi) is 5.32. The van der Waals surface area contributed by atoms with Crippen LogP contribution >= 0.6 is 0 Å². The van der Waals surface area contributed by atoms with Crippen LogP contribution in [0.4, 0.5) is 4.39 Å². The summed E-state index contributed by atoms with van der Waals surface area (Å²) in [6.07, 6.45) is 7.78. The molecule has 1 aliphatic carbocycles. The van der Waals surface area contributed by atoms with Gasteiger partial charge >= 0.3 is 0 Å². The van der Waals surface area contributed by atoms with E-state index in [2.05, 4.69) is 24.1 Å². The monoisotopic (exact) mass is 264 g/mol. The molecule has 19 heavy (non-hydrogen) atoms. The van der Waals surface area contributed by atoms with Crippen LogP contribution in [0.5, 0.6) is 0 Å². The normalized spacial score (nSPS) is 27.4. The van der Waals surface area contributed by atoms with Crippen LogP contribution in [0.1, 0.15) is 51.0 Å². The van der Waals surface area contributed by atoms with Gasteiger partial charge in [-0.15, -0.1) is 0 Å². The van der Waals surface area contributed by atoms with Crippen molar-refractivity contribution in [1.82, 2.24) is 10.3 Å². The number of aromatic nitrogens is 1. The van der Waals surface area contributed by atoms with E-state index in [-0.39, 0.29) is 5.82 Å². The molecular formula is C16H25FN2. The van der Waals surface area contributed by atoms with Gasteiger partial charge in [-0.3, -0.25) is 4.98 Å². The lowest BCUT2D eigenvalue weighted by Crippen LogP contribution is -2.32. The molecule has 3 heteroatoms. The molecule has 0 aromatic carbocycles. The molecule has 1 N–H and O–H groups in total. The van der Waals surface area contributed by atoms with Gasteiger partial charge in [-0.1, -0.05) is 20.3 Å². The number of rotatable bonds is 5. The lowest BCUT2D eigenvalue weighted by Gasteiger charge is -2.35. The molecule has 0 aliphatic heterocycles. The molecule has 1 aliphatic rings. The zero-order valence-electron chi connectivity index (χ0n) is 12.0. The average Bonchev–Trinajstić information content (AvgIpc) is 2.41. The third kappa shape index (κ3) is 3.75. The Bertz CT molecular complexity index is 394. The standard InChI is InChI=1S/C16H25FN2/c1-3-7-18-10-13-5-4-12(2)9-15(13)14-6-8-19-11-16(14)17/h6,8,11-13,15,18H,3-5,7,9-10H2,1-2H3. The van der Waals surface area contributed by atoms with Gasteiger partial charge in [0, 0.05) is 6.20 Å². The average molecular weight is 264 g/mol. The van der Waals surface area contributed by atoms with Crippen molar-refractivity contribution in [3.8, 4) is 0 Å². The van der Waals surface area contributed by atoms with Crippen molar-refractivity contribution in [3.63, 3.8) is 0 Å². The van der Waals surface area contributed by atoms with Crippen LogP contribution in [0.15, 0.2) is 18.5 Å². The van der Waals surface area contributed by atoms with Crippen molar-refractivity contribution in [3.05, 3.63) is 29.8 Å². The molecule has 1 fully saturated rings.